The Balaban J connectivity index is 2.42. The van der Waals surface area contributed by atoms with Gasteiger partial charge in [-0.15, -0.1) is 0 Å². The van der Waals surface area contributed by atoms with E-state index in [0.29, 0.717) is 0 Å². The molecule has 1 radical (unpaired) electrons. The summed E-state index contributed by atoms with van der Waals surface area (Å²) in [4.78, 5) is 0. The molecule has 0 amide bonds. The van der Waals surface area contributed by atoms with Gasteiger partial charge in [0.05, 0.1) is 22.3 Å². The average Bonchev–Trinajstić information content (AvgIpc) is 3.19. The highest BCUT2D eigenvalue weighted by Crippen LogP contribution is 2.43. The van der Waals surface area contributed by atoms with Crippen molar-refractivity contribution in [1.82, 2.24) is 0 Å². The van der Waals surface area contributed by atoms with Gasteiger partial charge in [0.25, 0.3) is 0 Å². The van der Waals surface area contributed by atoms with Crippen LogP contribution in [-0.2, 0) is 24.7 Å². The molecule has 0 bridgehead atoms. The van der Waals surface area contributed by atoms with Crippen LogP contribution < -0.4 is 0 Å². The molecule has 1 aliphatic rings. The Morgan fingerprint density at radius 1 is 0.500 bits per heavy atom. The highest BCUT2D eigenvalue weighted by atomic mass is 19.4. The molecule has 2 aromatic rings. The van der Waals surface area contributed by atoms with E-state index in [1.807, 2.05) is 0 Å². The zero-order valence-electron chi connectivity index (χ0n) is 16.2. The molecule has 2 aromatic carbocycles. The Morgan fingerprint density at radius 3 is 1.06 bits per heavy atom. The van der Waals surface area contributed by atoms with E-state index < -0.39 is 63.7 Å². The van der Waals surface area contributed by atoms with E-state index in [4.69, 9.17) is 0 Å². The number of rotatable bonds is 2. The molecular formula is C22H9F12. The number of benzene rings is 2. The van der Waals surface area contributed by atoms with Crippen molar-refractivity contribution < 1.29 is 52.7 Å². The minimum atomic E-state index is -5.29. The van der Waals surface area contributed by atoms with E-state index >= 15 is 0 Å². The van der Waals surface area contributed by atoms with Gasteiger partial charge in [0, 0.05) is 0 Å². The number of allylic oxidation sites excluding steroid dienone is 5. The Bertz CT molecular complexity index is 1030. The maximum absolute atomic E-state index is 13.3. The van der Waals surface area contributed by atoms with E-state index in [1.165, 1.54) is 6.08 Å². The standard InChI is InChI=1S/C22H9F12/c23-19(24,25)14-5-12(6-15(9-14)20(26,27)28)18(11-3-1-2-4-11)13-7-16(21(29,30)31)10-17(8-13)22(32,33)34/h1-3,5-10H. The third-order valence-electron chi connectivity index (χ3n) is 4.62. The third-order valence-corrected chi connectivity index (χ3v) is 4.62. The first-order chi connectivity index (χ1) is 15.4. The second-order valence-electron chi connectivity index (χ2n) is 7.05. The fraction of sp³-hybridized carbons (Fsp3) is 0.182. The van der Waals surface area contributed by atoms with Gasteiger partial charge in [-0.3, -0.25) is 0 Å². The molecule has 0 saturated heterocycles. The Labute approximate surface area is 183 Å². The van der Waals surface area contributed by atoms with Crippen LogP contribution in [0.15, 0.2) is 60.2 Å². The highest BCUT2D eigenvalue weighted by Gasteiger charge is 2.39. The zero-order valence-corrected chi connectivity index (χ0v) is 16.2. The Hall–Kier alpha value is -3.18. The maximum atomic E-state index is 13.3. The smallest absolute Gasteiger partial charge is 0.166 e. The largest absolute Gasteiger partial charge is 0.416 e. The van der Waals surface area contributed by atoms with Gasteiger partial charge in [-0.25, -0.2) is 0 Å². The molecule has 3 rings (SSSR count). The number of hydrogen-bond donors (Lipinski definition) is 0. The van der Waals surface area contributed by atoms with E-state index in [1.54, 1.807) is 0 Å². The molecule has 0 fully saturated rings. The molecule has 0 aliphatic heterocycles. The molecule has 12 heteroatoms. The predicted molar refractivity (Wildman–Crippen MR) is 95.9 cm³/mol. The van der Waals surface area contributed by atoms with Crippen LogP contribution >= 0.6 is 0 Å². The first kappa shape index (κ1) is 25.4. The minimum absolute atomic E-state index is 0.205. The van der Waals surface area contributed by atoms with Crippen LogP contribution in [0.25, 0.3) is 5.57 Å². The van der Waals surface area contributed by atoms with Crippen LogP contribution in [-0.4, -0.2) is 0 Å². The first-order valence-electron chi connectivity index (χ1n) is 8.98. The SMILES string of the molecule is FC(F)(F)c1cc(C(=C2[C]=CC=C2)c2cc(C(F)(F)F)cc(C(F)(F)F)c2)cc(C(F)(F)F)c1. The molecule has 1 aliphatic carbocycles. The number of halogens is 12. The summed E-state index contributed by atoms with van der Waals surface area (Å²) >= 11 is 0. The molecule has 0 atom stereocenters. The van der Waals surface area contributed by atoms with Gasteiger partial charge in [0.2, 0.25) is 0 Å². The van der Waals surface area contributed by atoms with Crippen molar-refractivity contribution in [2.24, 2.45) is 0 Å². The van der Waals surface area contributed by atoms with E-state index in [0.717, 1.165) is 12.2 Å². The summed E-state index contributed by atoms with van der Waals surface area (Å²) in [5, 5.41) is 0. The molecular weight excluding hydrogens is 492 g/mol. The molecule has 0 nitrogen and oxygen atoms in total. The van der Waals surface area contributed by atoms with Crippen molar-refractivity contribution in [3.05, 3.63) is 99.7 Å². The second-order valence-corrected chi connectivity index (χ2v) is 7.05. The summed E-state index contributed by atoms with van der Waals surface area (Å²) in [7, 11) is 0. The predicted octanol–water partition coefficient (Wildman–Crippen LogP) is 8.49. The average molecular weight is 501 g/mol. The number of alkyl halides is 12. The lowest BCUT2D eigenvalue weighted by Gasteiger charge is -2.19. The lowest BCUT2D eigenvalue weighted by molar-refractivity contribution is -0.144. The lowest BCUT2D eigenvalue weighted by atomic mass is 9.88. The molecule has 0 saturated carbocycles. The van der Waals surface area contributed by atoms with Crippen molar-refractivity contribution in [2.75, 3.05) is 0 Å². The van der Waals surface area contributed by atoms with E-state index in [2.05, 4.69) is 6.08 Å². The zero-order chi connectivity index (χ0) is 25.7. The lowest BCUT2D eigenvalue weighted by Crippen LogP contribution is -2.13. The molecule has 34 heavy (non-hydrogen) atoms. The summed E-state index contributed by atoms with van der Waals surface area (Å²) in [6.45, 7) is 0. The Kier molecular flexibility index (Phi) is 6.17. The highest BCUT2D eigenvalue weighted by molar-refractivity contribution is 5.86. The van der Waals surface area contributed by atoms with Gasteiger partial charge >= 0.3 is 24.7 Å². The monoisotopic (exact) mass is 501 g/mol. The topological polar surface area (TPSA) is 0 Å². The summed E-state index contributed by atoms with van der Waals surface area (Å²) in [6.07, 6.45) is -15.3. The summed E-state index contributed by atoms with van der Waals surface area (Å²) < 4.78 is 160. The van der Waals surface area contributed by atoms with Crippen molar-refractivity contribution in [3.63, 3.8) is 0 Å². The van der Waals surface area contributed by atoms with Crippen molar-refractivity contribution in [2.45, 2.75) is 24.7 Å². The van der Waals surface area contributed by atoms with Crippen LogP contribution in [0.2, 0.25) is 0 Å². The third kappa shape index (κ3) is 5.48. The second kappa shape index (κ2) is 8.24. The van der Waals surface area contributed by atoms with Gasteiger partial charge in [-0.05, 0) is 64.7 Å². The Morgan fingerprint density at radius 2 is 0.824 bits per heavy atom. The van der Waals surface area contributed by atoms with Gasteiger partial charge in [0.1, 0.15) is 0 Å². The summed E-state index contributed by atoms with van der Waals surface area (Å²) in [5.41, 5.74) is -9.96. The van der Waals surface area contributed by atoms with Gasteiger partial charge in [-0.2, -0.15) is 52.7 Å². The van der Waals surface area contributed by atoms with Crippen LogP contribution in [0.3, 0.4) is 0 Å². The molecule has 0 unspecified atom stereocenters. The minimum Gasteiger partial charge on any atom is -0.166 e. The van der Waals surface area contributed by atoms with Crippen LogP contribution in [0.4, 0.5) is 52.7 Å². The normalized spacial score (nSPS) is 14.8. The van der Waals surface area contributed by atoms with Gasteiger partial charge < -0.3 is 0 Å². The molecule has 0 heterocycles. The van der Waals surface area contributed by atoms with Gasteiger partial charge in [0.15, 0.2) is 0 Å². The fourth-order valence-corrected chi connectivity index (χ4v) is 3.16. The van der Waals surface area contributed by atoms with Crippen molar-refractivity contribution in [3.8, 4) is 0 Å². The van der Waals surface area contributed by atoms with Crippen LogP contribution in [0.5, 0.6) is 0 Å². The van der Waals surface area contributed by atoms with Crippen molar-refractivity contribution in [1.29, 1.82) is 0 Å². The molecule has 0 spiro atoms. The molecule has 0 N–H and O–H groups in total. The molecule has 0 aromatic heterocycles. The fourth-order valence-electron chi connectivity index (χ4n) is 3.16. The van der Waals surface area contributed by atoms with Gasteiger partial charge in [-0.1, -0.05) is 18.2 Å². The number of hydrogen-bond acceptors (Lipinski definition) is 0. The summed E-state index contributed by atoms with van der Waals surface area (Å²) in [5.74, 6) is 0. The van der Waals surface area contributed by atoms with E-state index in [9.17, 15) is 52.7 Å². The first-order valence-corrected chi connectivity index (χ1v) is 8.98. The summed E-state index contributed by atoms with van der Waals surface area (Å²) in [6, 6.07) is 0.474. The van der Waals surface area contributed by atoms with E-state index in [-0.39, 0.29) is 42.0 Å². The van der Waals surface area contributed by atoms with Crippen LogP contribution in [0, 0.1) is 6.08 Å². The van der Waals surface area contributed by atoms with Crippen LogP contribution in [0.1, 0.15) is 33.4 Å². The molecule has 181 valence electrons. The maximum Gasteiger partial charge on any atom is 0.416 e. The quantitative estimate of drug-likeness (QED) is 0.362. The van der Waals surface area contributed by atoms with Crippen molar-refractivity contribution >= 4 is 5.57 Å².